The van der Waals surface area contributed by atoms with Gasteiger partial charge >= 0.3 is 0 Å². The Morgan fingerprint density at radius 3 is 2.22 bits per heavy atom. The second kappa shape index (κ2) is 8.67. The number of nitrogens with one attached hydrogen (secondary N) is 1. The summed E-state index contributed by atoms with van der Waals surface area (Å²) in [5, 5.41) is 3.13. The van der Waals surface area contributed by atoms with E-state index in [9.17, 15) is 14.0 Å². The van der Waals surface area contributed by atoms with E-state index in [1.165, 1.54) is 24.3 Å². The summed E-state index contributed by atoms with van der Waals surface area (Å²) in [6.45, 7) is 5.81. The number of carbonyl (C=O) groups is 2. The van der Waals surface area contributed by atoms with Crippen LogP contribution in [0.1, 0.15) is 25.0 Å². The fraction of sp³-hybridized carbons (Fsp3) is 0.154. The van der Waals surface area contributed by atoms with Crippen molar-refractivity contribution in [1.29, 1.82) is 0 Å². The molecule has 6 heteroatoms. The minimum Gasteiger partial charge on any atom is -0.491 e. The van der Waals surface area contributed by atoms with Crippen molar-refractivity contribution in [3.05, 3.63) is 95.4 Å². The number of amides is 2. The molecule has 0 radical (unpaired) electrons. The summed E-state index contributed by atoms with van der Waals surface area (Å²) in [5.74, 6) is -0.750. The quantitative estimate of drug-likeness (QED) is 0.538. The lowest BCUT2D eigenvalue weighted by molar-refractivity contribution is -0.120. The van der Waals surface area contributed by atoms with Crippen molar-refractivity contribution in [3.63, 3.8) is 0 Å². The van der Waals surface area contributed by atoms with Crippen LogP contribution in [0.15, 0.2) is 78.5 Å². The first-order chi connectivity index (χ1) is 15.3. The van der Waals surface area contributed by atoms with Crippen LogP contribution >= 0.6 is 0 Å². The van der Waals surface area contributed by atoms with E-state index in [1.807, 2.05) is 45.0 Å². The maximum Gasteiger partial charge on any atom is 0.282 e. The van der Waals surface area contributed by atoms with Crippen molar-refractivity contribution in [2.24, 2.45) is 0 Å². The first-order valence-corrected chi connectivity index (χ1v) is 10.3. The lowest BCUT2D eigenvalue weighted by Crippen LogP contribution is -2.32. The topological polar surface area (TPSA) is 58.6 Å². The molecule has 3 aromatic carbocycles. The predicted molar refractivity (Wildman–Crippen MR) is 123 cm³/mol. The van der Waals surface area contributed by atoms with Crippen LogP contribution < -0.4 is 15.0 Å². The van der Waals surface area contributed by atoms with Crippen molar-refractivity contribution in [2.75, 3.05) is 10.2 Å². The van der Waals surface area contributed by atoms with Gasteiger partial charge in [0, 0.05) is 5.69 Å². The summed E-state index contributed by atoms with van der Waals surface area (Å²) in [4.78, 5) is 27.8. The summed E-state index contributed by atoms with van der Waals surface area (Å²) in [7, 11) is 0. The Kier molecular flexibility index (Phi) is 5.77. The number of benzene rings is 3. The van der Waals surface area contributed by atoms with Gasteiger partial charge < -0.3 is 10.1 Å². The van der Waals surface area contributed by atoms with Gasteiger partial charge in [0.05, 0.1) is 17.4 Å². The van der Waals surface area contributed by atoms with E-state index in [-0.39, 0.29) is 17.4 Å². The smallest absolute Gasteiger partial charge is 0.282 e. The number of imide groups is 1. The third-order valence-electron chi connectivity index (χ3n) is 4.97. The molecule has 0 atom stereocenters. The van der Waals surface area contributed by atoms with Crippen LogP contribution in [0.4, 0.5) is 15.8 Å². The normalized spacial score (nSPS) is 13.8. The molecule has 0 saturated heterocycles. The zero-order chi connectivity index (χ0) is 22.8. The maximum absolute atomic E-state index is 13.4. The van der Waals surface area contributed by atoms with Crippen LogP contribution in [-0.2, 0) is 9.59 Å². The van der Waals surface area contributed by atoms with Crippen LogP contribution in [0.25, 0.3) is 5.57 Å². The SMILES string of the molecule is Cc1cccc(NC2=C(c3ccc(OC(C)C)cc3)C(=O)N(c3ccc(F)cc3)C2=O)c1. The van der Waals surface area contributed by atoms with Gasteiger partial charge in [0.15, 0.2) is 0 Å². The van der Waals surface area contributed by atoms with Crippen molar-refractivity contribution < 1.29 is 18.7 Å². The average molecular weight is 430 g/mol. The molecule has 0 spiro atoms. The first-order valence-electron chi connectivity index (χ1n) is 10.3. The fourth-order valence-corrected chi connectivity index (χ4v) is 3.58. The Hall–Kier alpha value is -3.93. The van der Waals surface area contributed by atoms with Gasteiger partial charge in [-0.2, -0.15) is 0 Å². The van der Waals surface area contributed by atoms with E-state index in [4.69, 9.17) is 4.74 Å². The number of anilines is 2. The molecule has 4 rings (SSSR count). The third-order valence-corrected chi connectivity index (χ3v) is 4.97. The molecule has 1 heterocycles. The molecule has 1 aliphatic heterocycles. The lowest BCUT2D eigenvalue weighted by atomic mass is 10.0. The average Bonchev–Trinajstić information content (AvgIpc) is 2.99. The maximum atomic E-state index is 13.4. The number of hydrogen-bond acceptors (Lipinski definition) is 4. The molecule has 0 aromatic heterocycles. The summed E-state index contributed by atoms with van der Waals surface area (Å²) >= 11 is 0. The van der Waals surface area contributed by atoms with Crippen molar-refractivity contribution in [2.45, 2.75) is 26.9 Å². The fourth-order valence-electron chi connectivity index (χ4n) is 3.58. The summed E-state index contributed by atoms with van der Waals surface area (Å²) in [5.41, 5.74) is 3.01. The number of ether oxygens (including phenoxy) is 1. The highest BCUT2D eigenvalue weighted by Gasteiger charge is 2.40. The van der Waals surface area contributed by atoms with Gasteiger partial charge in [-0.1, -0.05) is 24.3 Å². The molecule has 32 heavy (non-hydrogen) atoms. The molecule has 2 amide bonds. The summed E-state index contributed by atoms with van der Waals surface area (Å²) in [6, 6.07) is 19.9. The van der Waals surface area contributed by atoms with Crippen LogP contribution in [-0.4, -0.2) is 17.9 Å². The molecular formula is C26H23FN2O3. The third kappa shape index (κ3) is 4.25. The van der Waals surface area contributed by atoms with Crippen molar-refractivity contribution in [1.82, 2.24) is 0 Å². The molecular weight excluding hydrogens is 407 g/mol. The summed E-state index contributed by atoms with van der Waals surface area (Å²) < 4.78 is 19.1. The molecule has 162 valence electrons. The minimum absolute atomic E-state index is 0.0160. The van der Waals surface area contributed by atoms with E-state index >= 15 is 0 Å². The van der Waals surface area contributed by atoms with Gasteiger partial charge in [0.1, 0.15) is 17.3 Å². The number of nitrogens with zero attached hydrogens (tertiary/aromatic N) is 1. The van der Waals surface area contributed by atoms with Gasteiger partial charge in [-0.25, -0.2) is 9.29 Å². The standard InChI is InChI=1S/C26H23FN2O3/c1-16(2)32-22-13-7-18(8-14-22)23-24(28-20-6-4-5-17(3)15-20)26(31)29(25(23)30)21-11-9-19(27)10-12-21/h4-16,28H,1-3H3. The van der Waals surface area contributed by atoms with E-state index < -0.39 is 17.6 Å². The van der Waals surface area contributed by atoms with Gasteiger partial charge in [0.2, 0.25) is 0 Å². The number of halogens is 1. The van der Waals surface area contributed by atoms with Crippen molar-refractivity contribution in [3.8, 4) is 5.75 Å². The number of aryl methyl sites for hydroxylation is 1. The minimum atomic E-state index is -0.499. The molecule has 0 fully saturated rings. The number of hydrogen-bond donors (Lipinski definition) is 1. The van der Waals surface area contributed by atoms with Crippen LogP contribution in [0.2, 0.25) is 0 Å². The monoisotopic (exact) mass is 430 g/mol. The number of rotatable bonds is 6. The van der Waals surface area contributed by atoms with Crippen molar-refractivity contribution >= 4 is 28.8 Å². The Morgan fingerprint density at radius 2 is 1.59 bits per heavy atom. The predicted octanol–water partition coefficient (Wildman–Crippen LogP) is 5.32. The van der Waals surface area contributed by atoms with Crippen LogP contribution in [0.3, 0.4) is 0 Å². The molecule has 3 aromatic rings. The Morgan fingerprint density at radius 1 is 0.906 bits per heavy atom. The van der Waals surface area contributed by atoms with E-state index in [1.54, 1.807) is 24.3 Å². The molecule has 5 nitrogen and oxygen atoms in total. The zero-order valence-electron chi connectivity index (χ0n) is 18.1. The van der Waals surface area contributed by atoms with Crippen LogP contribution in [0.5, 0.6) is 5.75 Å². The highest BCUT2D eigenvalue weighted by atomic mass is 19.1. The highest BCUT2D eigenvalue weighted by Crippen LogP contribution is 2.34. The van der Waals surface area contributed by atoms with E-state index in [0.717, 1.165) is 10.5 Å². The molecule has 1 aliphatic rings. The molecule has 0 saturated carbocycles. The molecule has 0 bridgehead atoms. The highest BCUT2D eigenvalue weighted by molar-refractivity contribution is 6.46. The molecule has 0 aliphatic carbocycles. The second-order valence-corrected chi connectivity index (χ2v) is 7.86. The van der Waals surface area contributed by atoms with Gasteiger partial charge in [-0.05, 0) is 80.4 Å². The summed E-state index contributed by atoms with van der Waals surface area (Å²) in [6.07, 6.45) is 0.0160. The van der Waals surface area contributed by atoms with Gasteiger partial charge in [-0.15, -0.1) is 0 Å². The van der Waals surface area contributed by atoms with E-state index in [0.29, 0.717) is 22.7 Å². The number of carbonyl (C=O) groups excluding carboxylic acids is 2. The Balaban J connectivity index is 1.77. The van der Waals surface area contributed by atoms with Gasteiger partial charge in [0.25, 0.3) is 11.8 Å². The Bertz CT molecular complexity index is 1200. The molecule has 0 unspecified atom stereocenters. The zero-order valence-corrected chi connectivity index (χ0v) is 18.1. The second-order valence-electron chi connectivity index (χ2n) is 7.86. The molecule has 1 N–H and O–H groups in total. The van der Waals surface area contributed by atoms with Crippen LogP contribution in [0, 0.1) is 12.7 Å². The van der Waals surface area contributed by atoms with E-state index in [2.05, 4.69) is 5.32 Å². The Labute approximate surface area is 186 Å². The van der Waals surface area contributed by atoms with Gasteiger partial charge in [-0.3, -0.25) is 9.59 Å². The first kappa shape index (κ1) is 21.3. The lowest BCUT2D eigenvalue weighted by Gasteiger charge is -2.15. The largest absolute Gasteiger partial charge is 0.491 e.